The van der Waals surface area contributed by atoms with Crippen LogP contribution in [-0.4, -0.2) is 24.1 Å². The maximum Gasteiger partial charge on any atom is 0.238 e. The molecule has 11 aromatic rings. The Balaban J connectivity index is 1.15. The van der Waals surface area contributed by atoms with E-state index in [9.17, 15) is 0 Å². The largest absolute Gasteiger partial charge is 0.309 e. The number of nitrogens with zero attached hydrogens (tertiary/aromatic N) is 5. The van der Waals surface area contributed by atoms with Crippen LogP contribution in [0.1, 0.15) is 0 Å². The van der Waals surface area contributed by atoms with E-state index in [1.54, 1.807) is 0 Å². The maximum atomic E-state index is 5.10. The summed E-state index contributed by atoms with van der Waals surface area (Å²) in [5.41, 5.74) is 9.89. The lowest BCUT2D eigenvalue weighted by Crippen LogP contribution is -2.06. The molecule has 0 bridgehead atoms. The summed E-state index contributed by atoms with van der Waals surface area (Å²) in [7, 11) is 0. The summed E-state index contributed by atoms with van der Waals surface area (Å²) in [6.45, 7) is 0. The second-order valence-electron chi connectivity index (χ2n) is 13.3. The summed E-state index contributed by atoms with van der Waals surface area (Å²) in [4.78, 5) is 15.2. The molecule has 52 heavy (non-hydrogen) atoms. The fourth-order valence-corrected chi connectivity index (χ4v) is 7.98. The number of hydrogen-bond donors (Lipinski definition) is 0. The highest BCUT2D eigenvalue weighted by Crippen LogP contribution is 2.42. The van der Waals surface area contributed by atoms with Gasteiger partial charge < -0.3 is 4.57 Å². The van der Waals surface area contributed by atoms with Gasteiger partial charge in [-0.1, -0.05) is 127 Å². The van der Waals surface area contributed by atoms with Crippen molar-refractivity contribution < 1.29 is 0 Å². The Labute approximate surface area is 299 Å². The molecule has 0 aliphatic rings. The molecule has 0 amide bonds. The number of rotatable bonds is 5. The summed E-state index contributed by atoms with van der Waals surface area (Å²) in [5, 5.41) is 7.40. The van der Waals surface area contributed by atoms with Gasteiger partial charge in [-0.05, 0) is 70.4 Å². The first-order valence-corrected chi connectivity index (χ1v) is 17.5. The van der Waals surface area contributed by atoms with E-state index in [2.05, 4.69) is 124 Å². The molecule has 0 saturated heterocycles. The van der Waals surface area contributed by atoms with E-state index < -0.39 is 0 Å². The Morgan fingerprint density at radius 3 is 1.69 bits per heavy atom. The van der Waals surface area contributed by atoms with Crippen molar-refractivity contribution in [3.8, 4) is 45.5 Å². The second kappa shape index (κ2) is 11.2. The van der Waals surface area contributed by atoms with Crippen LogP contribution in [0.3, 0.4) is 0 Å². The molecule has 3 aromatic heterocycles. The van der Waals surface area contributed by atoms with Gasteiger partial charge in [-0.25, -0.2) is 4.98 Å². The van der Waals surface area contributed by atoms with Crippen molar-refractivity contribution in [2.45, 2.75) is 0 Å². The van der Waals surface area contributed by atoms with E-state index in [0.717, 1.165) is 44.2 Å². The van der Waals surface area contributed by atoms with E-state index in [1.165, 1.54) is 38.1 Å². The van der Waals surface area contributed by atoms with Crippen LogP contribution >= 0.6 is 0 Å². The summed E-state index contributed by atoms with van der Waals surface area (Å²) in [6, 6.07) is 62.1. The van der Waals surface area contributed by atoms with Crippen LogP contribution in [0.2, 0.25) is 0 Å². The van der Waals surface area contributed by atoms with Crippen molar-refractivity contribution in [2.75, 3.05) is 0 Å². The molecule has 242 valence electrons. The Morgan fingerprint density at radius 1 is 0.327 bits per heavy atom. The summed E-state index contributed by atoms with van der Waals surface area (Å²) >= 11 is 0. The second-order valence-corrected chi connectivity index (χ2v) is 13.3. The quantitative estimate of drug-likeness (QED) is 0.172. The van der Waals surface area contributed by atoms with Gasteiger partial charge in [-0.3, -0.25) is 4.57 Å². The first kappa shape index (κ1) is 28.7. The highest BCUT2D eigenvalue weighted by atomic mass is 15.2. The maximum absolute atomic E-state index is 5.10. The standard InChI is InChI=1S/C47H29N5/c1-4-13-31(14-5-1)45-48-46(32-15-6-2-7-16-32)50-47(49-45)52-39-21-11-10-20-37(39)38-28-33(25-26-40(38)52)35-27-34-24-23-30-17-12-22-41-43(30)44(34)42(29-35)51(41)36-18-8-3-9-19-36/h1-29H. The van der Waals surface area contributed by atoms with Crippen LogP contribution in [-0.2, 0) is 0 Å². The highest BCUT2D eigenvalue weighted by Gasteiger charge is 2.20. The molecule has 11 rings (SSSR count). The number of aromatic nitrogens is 5. The van der Waals surface area contributed by atoms with Crippen LogP contribution < -0.4 is 0 Å². The molecule has 0 N–H and O–H groups in total. The number of hydrogen-bond acceptors (Lipinski definition) is 3. The zero-order valence-electron chi connectivity index (χ0n) is 28.0. The van der Waals surface area contributed by atoms with Gasteiger partial charge in [0.05, 0.1) is 22.1 Å². The SMILES string of the molecule is c1ccc(-c2nc(-c3ccccc3)nc(-n3c4ccccc4c4cc(-c5cc6ccc7cccc8c7c6c(c5)n8-c5ccccc5)ccc43)n2)cc1. The van der Waals surface area contributed by atoms with Crippen molar-refractivity contribution in [3.05, 3.63) is 176 Å². The Kier molecular flexibility index (Phi) is 6.18. The smallest absolute Gasteiger partial charge is 0.238 e. The molecule has 5 nitrogen and oxygen atoms in total. The minimum atomic E-state index is 0.589. The molecule has 0 atom stereocenters. The predicted molar refractivity (Wildman–Crippen MR) is 214 cm³/mol. The van der Waals surface area contributed by atoms with Gasteiger partial charge >= 0.3 is 0 Å². The Morgan fingerprint density at radius 2 is 0.942 bits per heavy atom. The predicted octanol–water partition coefficient (Wildman–Crippen LogP) is 11.7. The average Bonchev–Trinajstić information content (AvgIpc) is 3.74. The normalized spacial score (nSPS) is 11.8. The van der Waals surface area contributed by atoms with E-state index in [4.69, 9.17) is 15.0 Å². The van der Waals surface area contributed by atoms with Crippen LogP contribution in [0.4, 0.5) is 0 Å². The molecule has 0 unspecified atom stereocenters. The lowest BCUT2D eigenvalue weighted by Gasteiger charge is -2.11. The first-order valence-electron chi connectivity index (χ1n) is 17.5. The molecular weight excluding hydrogens is 635 g/mol. The summed E-state index contributed by atoms with van der Waals surface area (Å²) < 4.78 is 4.59. The molecular formula is C47H29N5. The molecule has 8 aromatic carbocycles. The average molecular weight is 664 g/mol. The molecule has 0 aliphatic carbocycles. The van der Waals surface area contributed by atoms with Gasteiger partial charge in [0.15, 0.2) is 11.6 Å². The molecule has 0 spiro atoms. The van der Waals surface area contributed by atoms with Gasteiger partial charge in [0.25, 0.3) is 0 Å². The molecule has 0 radical (unpaired) electrons. The topological polar surface area (TPSA) is 48.5 Å². The molecule has 3 heterocycles. The highest BCUT2D eigenvalue weighted by molar-refractivity contribution is 6.25. The Hall–Kier alpha value is -7.11. The molecule has 0 fully saturated rings. The van der Waals surface area contributed by atoms with Gasteiger partial charge in [0.1, 0.15) is 0 Å². The lowest BCUT2D eigenvalue weighted by atomic mass is 9.96. The zero-order chi connectivity index (χ0) is 34.2. The minimum absolute atomic E-state index is 0.589. The van der Waals surface area contributed by atoms with Crippen LogP contribution in [0.5, 0.6) is 0 Å². The summed E-state index contributed by atoms with van der Waals surface area (Å²) in [6.07, 6.45) is 0. The third kappa shape index (κ3) is 4.33. The number of fused-ring (bicyclic) bond motifs is 3. The van der Waals surface area contributed by atoms with E-state index in [1.807, 2.05) is 60.7 Å². The summed E-state index contributed by atoms with van der Waals surface area (Å²) in [5.74, 6) is 1.87. The molecule has 0 saturated carbocycles. The lowest BCUT2D eigenvalue weighted by molar-refractivity contribution is 0.953. The van der Waals surface area contributed by atoms with Crippen molar-refractivity contribution in [1.82, 2.24) is 24.1 Å². The van der Waals surface area contributed by atoms with Gasteiger partial charge in [-0.15, -0.1) is 0 Å². The van der Waals surface area contributed by atoms with Gasteiger partial charge in [-0.2, -0.15) is 9.97 Å². The van der Waals surface area contributed by atoms with Crippen molar-refractivity contribution in [1.29, 1.82) is 0 Å². The number of para-hydroxylation sites is 2. The fraction of sp³-hybridized carbons (Fsp3) is 0. The van der Waals surface area contributed by atoms with Gasteiger partial charge in [0, 0.05) is 38.4 Å². The van der Waals surface area contributed by atoms with Crippen molar-refractivity contribution >= 4 is 54.4 Å². The zero-order valence-corrected chi connectivity index (χ0v) is 28.0. The minimum Gasteiger partial charge on any atom is -0.309 e. The fourth-order valence-electron chi connectivity index (χ4n) is 7.98. The molecule has 5 heteroatoms. The number of benzene rings is 8. The van der Waals surface area contributed by atoms with E-state index >= 15 is 0 Å². The van der Waals surface area contributed by atoms with Crippen molar-refractivity contribution in [2.24, 2.45) is 0 Å². The third-order valence-electron chi connectivity index (χ3n) is 10.3. The van der Waals surface area contributed by atoms with Crippen molar-refractivity contribution in [3.63, 3.8) is 0 Å². The van der Waals surface area contributed by atoms with Crippen LogP contribution in [0.15, 0.2) is 176 Å². The van der Waals surface area contributed by atoms with Crippen LogP contribution in [0.25, 0.3) is 99.9 Å². The first-order chi connectivity index (χ1) is 25.8. The van der Waals surface area contributed by atoms with Crippen LogP contribution in [0, 0.1) is 0 Å². The van der Waals surface area contributed by atoms with E-state index in [-0.39, 0.29) is 0 Å². The van der Waals surface area contributed by atoms with Gasteiger partial charge in [0.2, 0.25) is 5.95 Å². The van der Waals surface area contributed by atoms with E-state index in [0.29, 0.717) is 17.6 Å². The monoisotopic (exact) mass is 663 g/mol. The molecule has 0 aliphatic heterocycles. The third-order valence-corrected chi connectivity index (χ3v) is 10.3. The Bertz CT molecular complexity index is 3050.